The van der Waals surface area contributed by atoms with E-state index in [2.05, 4.69) is 47.4 Å². The second-order valence-electron chi connectivity index (χ2n) is 7.29. The Morgan fingerprint density at radius 3 is 2.67 bits per heavy atom. The quantitative estimate of drug-likeness (QED) is 0.524. The Morgan fingerprint density at radius 2 is 1.88 bits per heavy atom. The zero-order valence-corrected chi connectivity index (χ0v) is 14.5. The third-order valence-electron chi connectivity index (χ3n) is 4.27. The summed E-state index contributed by atoms with van der Waals surface area (Å²) in [5, 5.41) is 9.09. The van der Waals surface area contributed by atoms with Gasteiger partial charge in [0.15, 0.2) is 31.3 Å². The van der Waals surface area contributed by atoms with Gasteiger partial charge < -0.3 is 0 Å². The lowest BCUT2D eigenvalue weighted by Crippen LogP contribution is -2.35. The third-order valence-corrected chi connectivity index (χ3v) is 4.27. The van der Waals surface area contributed by atoms with E-state index in [0.29, 0.717) is 0 Å². The van der Waals surface area contributed by atoms with Crippen molar-refractivity contribution in [1.29, 1.82) is 0 Å². The van der Waals surface area contributed by atoms with Crippen molar-refractivity contribution in [1.82, 2.24) is 19.2 Å². The minimum atomic E-state index is 0.0205. The van der Waals surface area contributed by atoms with Crippen molar-refractivity contribution in [2.45, 2.75) is 32.7 Å². The van der Waals surface area contributed by atoms with Crippen molar-refractivity contribution in [2.75, 3.05) is 0 Å². The van der Waals surface area contributed by atoms with Crippen molar-refractivity contribution >= 4 is 11.0 Å². The zero-order chi connectivity index (χ0) is 16.9. The van der Waals surface area contributed by atoms with E-state index in [-0.39, 0.29) is 5.41 Å². The molecule has 4 aromatic heterocycles. The summed E-state index contributed by atoms with van der Waals surface area (Å²) in [6.45, 7) is 7.46. The number of aryl methyl sites for hydroxylation is 1. The molecule has 0 fully saturated rings. The highest BCUT2D eigenvalue weighted by Gasteiger charge is 2.27. The molecule has 0 bridgehead atoms. The summed E-state index contributed by atoms with van der Waals surface area (Å²) < 4.78 is 8.08. The lowest BCUT2D eigenvalue weighted by Gasteiger charge is -2.18. The fourth-order valence-corrected chi connectivity index (χ4v) is 3.25. The lowest BCUT2D eigenvalue weighted by molar-refractivity contribution is -0.688. The Balaban J connectivity index is 1.85. The molecule has 0 saturated heterocycles. The average Bonchev–Trinajstić information content (AvgIpc) is 3.09. The van der Waals surface area contributed by atoms with Crippen LogP contribution in [-0.2, 0) is 19.0 Å². The highest BCUT2D eigenvalue weighted by atomic mass is 15.3. The molecule has 0 N–H and O–H groups in total. The Hall–Kier alpha value is -2.76. The number of aromatic nitrogens is 6. The van der Waals surface area contributed by atoms with Gasteiger partial charge in [-0.3, -0.25) is 0 Å². The number of fused-ring (bicyclic) bond motifs is 2. The van der Waals surface area contributed by atoms with E-state index in [1.807, 2.05) is 53.1 Å². The Bertz CT molecular complexity index is 1030. The molecule has 6 nitrogen and oxygen atoms in total. The molecule has 0 atom stereocenters. The molecule has 4 heterocycles. The monoisotopic (exact) mass is 322 g/mol. The number of rotatable bonds is 2. The van der Waals surface area contributed by atoms with E-state index in [1.165, 1.54) is 5.56 Å². The minimum absolute atomic E-state index is 0.0205. The number of hydrogen-bond acceptors (Lipinski definition) is 2. The maximum Gasteiger partial charge on any atom is 0.195 e. The molecule has 0 aliphatic heterocycles. The summed E-state index contributed by atoms with van der Waals surface area (Å²) in [5.41, 5.74) is 4.65. The predicted octanol–water partition coefficient (Wildman–Crippen LogP) is 1.44. The van der Waals surface area contributed by atoms with Crippen LogP contribution >= 0.6 is 0 Å². The van der Waals surface area contributed by atoms with Crippen molar-refractivity contribution in [3.8, 4) is 0 Å². The van der Waals surface area contributed by atoms with Gasteiger partial charge in [-0.1, -0.05) is 20.8 Å². The van der Waals surface area contributed by atoms with Crippen molar-refractivity contribution in [3.05, 3.63) is 60.7 Å². The summed E-state index contributed by atoms with van der Waals surface area (Å²) in [4.78, 5) is 0. The van der Waals surface area contributed by atoms with E-state index in [9.17, 15) is 0 Å². The molecule has 0 aliphatic rings. The molecule has 0 amide bonds. The molecule has 0 unspecified atom stereocenters. The van der Waals surface area contributed by atoms with Gasteiger partial charge in [0.1, 0.15) is 23.8 Å². The van der Waals surface area contributed by atoms with Crippen LogP contribution < -0.4 is 9.13 Å². The van der Waals surface area contributed by atoms with Gasteiger partial charge >= 0.3 is 0 Å². The first-order chi connectivity index (χ1) is 11.4. The SMILES string of the molecule is C[n+]1ccn2nc(C[n+]3ccn4nccc4c3)c(C(C)(C)C)c2c1. The minimum Gasteiger partial charge on any atom is -0.229 e. The van der Waals surface area contributed by atoms with Crippen LogP contribution in [0.2, 0.25) is 0 Å². The largest absolute Gasteiger partial charge is 0.229 e. The molecule has 24 heavy (non-hydrogen) atoms. The summed E-state index contributed by atoms with van der Waals surface area (Å²) >= 11 is 0. The van der Waals surface area contributed by atoms with Crippen LogP contribution in [0.5, 0.6) is 0 Å². The average molecular weight is 322 g/mol. The van der Waals surface area contributed by atoms with Crippen LogP contribution in [0.1, 0.15) is 32.0 Å². The fraction of sp³-hybridized carbons (Fsp3) is 0.333. The number of hydrogen-bond donors (Lipinski definition) is 0. The Morgan fingerprint density at radius 1 is 1.08 bits per heavy atom. The van der Waals surface area contributed by atoms with Gasteiger partial charge in [0.2, 0.25) is 0 Å². The molecule has 4 rings (SSSR count). The van der Waals surface area contributed by atoms with Crippen LogP contribution in [0.3, 0.4) is 0 Å². The van der Waals surface area contributed by atoms with E-state index in [4.69, 9.17) is 5.10 Å². The molecule has 0 radical (unpaired) electrons. The normalized spacial score (nSPS) is 12.3. The first-order valence-corrected chi connectivity index (χ1v) is 8.11. The predicted molar refractivity (Wildman–Crippen MR) is 89.6 cm³/mol. The van der Waals surface area contributed by atoms with Crippen molar-refractivity contribution in [2.24, 2.45) is 7.05 Å². The fourth-order valence-electron chi connectivity index (χ4n) is 3.25. The van der Waals surface area contributed by atoms with E-state index < -0.39 is 0 Å². The van der Waals surface area contributed by atoms with E-state index >= 15 is 0 Å². The van der Waals surface area contributed by atoms with Crippen molar-refractivity contribution in [3.63, 3.8) is 0 Å². The van der Waals surface area contributed by atoms with Gasteiger partial charge in [-0.05, 0) is 11.5 Å². The maximum absolute atomic E-state index is 4.84. The Kier molecular flexibility index (Phi) is 3.16. The molecule has 0 saturated carbocycles. The van der Waals surface area contributed by atoms with Gasteiger partial charge in [0.05, 0.1) is 18.6 Å². The summed E-state index contributed by atoms with van der Waals surface area (Å²) in [7, 11) is 2.04. The van der Waals surface area contributed by atoms with Crippen LogP contribution in [-0.4, -0.2) is 19.2 Å². The van der Waals surface area contributed by atoms with Gasteiger partial charge in [0.25, 0.3) is 0 Å². The molecule has 0 spiro atoms. The maximum atomic E-state index is 4.84. The van der Waals surface area contributed by atoms with Crippen LogP contribution in [0.15, 0.2) is 49.4 Å². The first kappa shape index (κ1) is 14.8. The molecular weight excluding hydrogens is 300 g/mol. The highest BCUT2D eigenvalue weighted by molar-refractivity contribution is 5.57. The van der Waals surface area contributed by atoms with Gasteiger partial charge in [-0.15, -0.1) is 0 Å². The smallest absolute Gasteiger partial charge is 0.195 e. The lowest BCUT2D eigenvalue weighted by atomic mass is 9.86. The topological polar surface area (TPSA) is 42.4 Å². The van der Waals surface area contributed by atoms with Crippen LogP contribution in [0.25, 0.3) is 11.0 Å². The third kappa shape index (κ3) is 2.44. The van der Waals surface area contributed by atoms with E-state index in [0.717, 1.165) is 23.3 Å². The highest BCUT2D eigenvalue weighted by Crippen LogP contribution is 2.29. The van der Waals surface area contributed by atoms with Gasteiger partial charge in [-0.2, -0.15) is 14.8 Å². The molecular formula is C18H22N6+2. The van der Waals surface area contributed by atoms with Crippen LogP contribution in [0.4, 0.5) is 0 Å². The zero-order valence-electron chi connectivity index (χ0n) is 14.5. The van der Waals surface area contributed by atoms with Gasteiger partial charge in [0, 0.05) is 5.56 Å². The Labute approximate surface area is 140 Å². The molecule has 0 aliphatic carbocycles. The van der Waals surface area contributed by atoms with Crippen molar-refractivity contribution < 1.29 is 9.13 Å². The molecule has 0 aromatic carbocycles. The second-order valence-corrected chi connectivity index (χ2v) is 7.29. The first-order valence-electron chi connectivity index (χ1n) is 8.11. The molecule has 4 aromatic rings. The molecule has 6 heteroatoms. The van der Waals surface area contributed by atoms with Gasteiger partial charge in [-0.25, -0.2) is 13.6 Å². The summed E-state index contributed by atoms with van der Waals surface area (Å²) in [5.74, 6) is 0. The van der Waals surface area contributed by atoms with E-state index in [1.54, 1.807) is 0 Å². The summed E-state index contributed by atoms with van der Waals surface area (Å²) in [6, 6.07) is 2.00. The number of nitrogens with zero attached hydrogens (tertiary/aromatic N) is 6. The van der Waals surface area contributed by atoms with Crippen LogP contribution in [0, 0.1) is 0 Å². The molecule has 122 valence electrons. The second kappa shape index (κ2) is 5.12. The summed E-state index contributed by atoms with van der Waals surface area (Å²) in [6.07, 6.45) is 14.1. The standard InChI is InChI=1S/C18H22N6/c1-18(2,3)17-15(20-24-9-7-21(4)13-16(17)24)12-22-8-10-23-14(11-22)5-6-19-23/h5-11,13H,12H2,1-4H3/q+2.